The summed E-state index contributed by atoms with van der Waals surface area (Å²) in [5, 5.41) is 6.94. The Bertz CT molecular complexity index is 1010. The Morgan fingerprint density at radius 1 is 1.12 bits per heavy atom. The van der Waals surface area contributed by atoms with Crippen LogP contribution in [0.1, 0.15) is 42.6 Å². The number of benzene rings is 2. The number of guanidine groups is 1. The summed E-state index contributed by atoms with van der Waals surface area (Å²) in [5.74, 6) is 1.45. The van der Waals surface area contributed by atoms with Crippen LogP contribution < -0.4 is 10.6 Å². The lowest BCUT2D eigenvalue weighted by molar-refractivity contribution is 0.158. The minimum atomic E-state index is 0. The molecule has 0 amide bonds. The first-order valence-electron chi connectivity index (χ1n) is 11.4. The normalized spacial score (nSPS) is 16.2. The van der Waals surface area contributed by atoms with Crippen LogP contribution in [0.25, 0.3) is 11.5 Å². The molecule has 1 aliphatic rings. The van der Waals surface area contributed by atoms with Crippen LogP contribution in [0.15, 0.2) is 70.3 Å². The molecule has 4 rings (SSSR count). The van der Waals surface area contributed by atoms with E-state index in [-0.39, 0.29) is 24.0 Å². The minimum Gasteiger partial charge on any atom is -0.444 e. The SMILES string of the molecule is CN=C(NCc1coc(-c2ccc(C)cc2)n1)NC1CCN(C(C)c2ccccc2)CC1.I. The first-order chi connectivity index (χ1) is 15.6. The maximum absolute atomic E-state index is 5.66. The van der Waals surface area contributed by atoms with E-state index in [9.17, 15) is 0 Å². The molecule has 3 aromatic rings. The number of halogens is 1. The van der Waals surface area contributed by atoms with Crippen LogP contribution in [-0.4, -0.2) is 42.0 Å². The highest BCUT2D eigenvalue weighted by Crippen LogP contribution is 2.24. The van der Waals surface area contributed by atoms with Crippen molar-refractivity contribution in [1.82, 2.24) is 20.5 Å². The smallest absolute Gasteiger partial charge is 0.226 e. The molecule has 2 heterocycles. The van der Waals surface area contributed by atoms with Crippen LogP contribution in [0, 0.1) is 6.92 Å². The number of likely N-dealkylation sites (tertiary alicyclic amines) is 1. The first kappa shape index (κ1) is 25.2. The summed E-state index contributed by atoms with van der Waals surface area (Å²) >= 11 is 0. The van der Waals surface area contributed by atoms with E-state index in [4.69, 9.17) is 4.42 Å². The maximum Gasteiger partial charge on any atom is 0.226 e. The molecular weight excluding hydrogens is 525 g/mol. The topological polar surface area (TPSA) is 65.7 Å². The zero-order chi connectivity index (χ0) is 22.3. The fourth-order valence-electron chi connectivity index (χ4n) is 4.15. The Morgan fingerprint density at radius 3 is 2.48 bits per heavy atom. The van der Waals surface area contributed by atoms with Gasteiger partial charge in [-0.05, 0) is 44.4 Å². The highest BCUT2D eigenvalue weighted by atomic mass is 127. The van der Waals surface area contributed by atoms with Crippen LogP contribution in [-0.2, 0) is 6.54 Å². The summed E-state index contributed by atoms with van der Waals surface area (Å²) in [6.45, 7) is 7.09. The number of hydrogen-bond donors (Lipinski definition) is 2. The Morgan fingerprint density at radius 2 is 1.82 bits per heavy atom. The number of piperidine rings is 1. The average Bonchev–Trinajstić information content (AvgIpc) is 3.32. The van der Waals surface area contributed by atoms with Crippen molar-refractivity contribution in [2.24, 2.45) is 4.99 Å². The summed E-state index contributed by atoms with van der Waals surface area (Å²) in [5.41, 5.74) is 4.45. The molecule has 1 saturated heterocycles. The third kappa shape index (κ3) is 6.80. The van der Waals surface area contributed by atoms with Crippen LogP contribution in [0.5, 0.6) is 0 Å². The number of nitrogens with one attached hydrogen (secondary N) is 2. The van der Waals surface area contributed by atoms with Crippen molar-refractivity contribution in [3.05, 3.63) is 77.7 Å². The fourth-order valence-corrected chi connectivity index (χ4v) is 4.15. The van der Waals surface area contributed by atoms with E-state index >= 15 is 0 Å². The molecule has 1 fully saturated rings. The van der Waals surface area contributed by atoms with Gasteiger partial charge in [-0.15, -0.1) is 24.0 Å². The van der Waals surface area contributed by atoms with E-state index in [0.29, 0.717) is 24.5 Å². The number of aryl methyl sites for hydroxylation is 1. The number of oxazole rings is 1. The molecule has 1 aliphatic heterocycles. The molecule has 2 N–H and O–H groups in total. The third-order valence-corrected chi connectivity index (χ3v) is 6.21. The summed E-state index contributed by atoms with van der Waals surface area (Å²) in [4.78, 5) is 11.6. The van der Waals surface area contributed by atoms with E-state index in [1.165, 1.54) is 11.1 Å². The van der Waals surface area contributed by atoms with E-state index in [1.54, 1.807) is 6.26 Å². The van der Waals surface area contributed by atoms with Gasteiger partial charge in [0.1, 0.15) is 6.26 Å². The van der Waals surface area contributed by atoms with Gasteiger partial charge in [0.15, 0.2) is 5.96 Å². The Kier molecular flexibility index (Phi) is 9.31. The number of aliphatic imine (C=N–C) groups is 1. The summed E-state index contributed by atoms with van der Waals surface area (Å²) < 4.78 is 5.66. The molecule has 2 aromatic carbocycles. The van der Waals surface area contributed by atoms with Crippen molar-refractivity contribution in [3.63, 3.8) is 0 Å². The lowest BCUT2D eigenvalue weighted by Crippen LogP contribution is -2.48. The predicted octanol–water partition coefficient (Wildman–Crippen LogP) is 5.16. The van der Waals surface area contributed by atoms with Crippen molar-refractivity contribution < 1.29 is 4.42 Å². The van der Waals surface area contributed by atoms with E-state index in [1.807, 2.05) is 19.2 Å². The number of hydrogen-bond acceptors (Lipinski definition) is 4. The maximum atomic E-state index is 5.66. The van der Waals surface area contributed by atoms with Crippen LogP contribution in [0.3, 0.4) is 0 Å². The molecule has 1 aromatic heterocycles. The van der Waals surface area contributed by atoms with E-state index < -0.39 is 0 Å². The summed E-state index contributed by atoms with van der Waals surface area (Å²) in [6.07, 6.45) is 3.90. The van der Waals surface area contributed by atoms with Crippen LogP contribution >= 0.6 is 24.0 Å². The molecule has 33 heavy (non-hydrogen) atoms. The molecule has 0 saturated carbocycles. The van der Waals surface area contributed by atoms with Crippen molar-refractivity contribution in [3.8, 4) is 11.5 Å². The minimum absolute atomic E-state index is 0. The Labute approximate surface area is 213 Å². The van der Waals surface area contributed by atoms with Gasteiger partial charge < -0.3 is 15.1 Å². The fraction of sp³-hybridized carbons (Fsp3) is 0.385. The highest BCUT2D eigenvalue weighted by molar-refractivity contribution is 14.0. The van der Waals surface area contributed by atoms with Gasteiger partial charge in [-0.3, -0.25) is 9.89 Å². The van der Waals surface area contributed by atoms with Crippen LogP contribution in [0.4, 0.5) is 0 Å². The van der Waals surface area contributed by atoms with E-state index in [2.05, 4.69) is 81.8 Å². The zero-order valence-electron chi connectivity index (χ0n) is 19.6. The van der Waals surface area contributed by atoms with Gasteiger partial charge in [-0.2, -0.15) is 0 Å². The molecule has 0 aliphatic carbocycles. The largest absolute Gasteiger partial charge is 0.444 e. The van der Waals surface area contributed by atoms with Crippen LogP contribution in [0.2, 0.25) is 0 Å². The molecule has 1 unspecified atom stereocenters. The number of rotatable bonds is 6. The van der Waals surface area contributed by atoms with Crippen molar-refractivity contribution in [2.75, 3.05) is 20.1 Å². The molecule has 0 bridgehead atoms. The van der Waals surface area contributed by atoms with Gasteiger partial charge in [0.25, 0.3) is 0 Å². The number of nitrogens with zero attached hydrogens (tertiary/aromatic N) is 3. The van der Waals surface area contributed by atoms with Crippen molar-refractivity contribution in [1.29, 1.82) is 0 Å². The molecule has 0 spiro atoms. The van der Waals surface area contributed by atoms with E-state index in [0.717, 1.165) is 43.1 Å². The Balaban J connectivity index is 0.00000306. The lowest BCUT2D eigenvalue weighted by atomic mass is 10.0. The molecular formula is C26H34IN5O. The van der Waals surface area contributed by atoms with Gasteiger partial charge in [-0.1, -0.05) is 48.0 Å². The lowest BCUT2D eigenvalue weighted by Gasteiger charge is -2.37. The first-order valence-corrected chi connectivity index (χ1v) is 11.4. The zero-order valence-corrected chi connectivity index (χ0v) is 22.0. The Hall–Kier alpha value is -2.39. The molecule has 6 nitrogen and oxygen atoms in total. The molecule has 176 valence electrons. The predicted molar refractivity (Wildman–Crippen MR) is 145 cm³/mol. The third-order valence-electron chi connectivity index (χ3n) is 6.21. The van der Waals surface area contributed by atoms with Gasteiger partial charge in [-0.25, -0.2) is 4.98 Å². The van der Waals surface area contributed by atoms with Gasteiger partial charge >= 0.3 is 0 Å². The standard InChI is InChI=1S/C26H33N5O.HI/c1-19-9-11-22(12-10-19)25-29-24(18-32-25)17-28-26(27-3)30-23-13-15-31(16-14-23)20(2)21-7-5-4-6-8-21;/h4-12,18,20,23H,13-17H2,1-3H3,(H2,27,28,30);1H. The molecule has 0 radical (unpaired) electrons. The monoisotopic (exact) mass is 559 g/mol. The van der Waals surface area contributed by atoms with Gasteiger partial charge in [0.05, 0.1) is 12.2 Å². The van der Waals surface area contributed by atoms with Crippen molar-refractivity contribution in [2.45, 2.75) is 45.3 Å². The molecule has 7 heteroatoms. The van der Waals surface area contributed by atoms with Crippen molar-refractivity contribution >= 4 is 29.9 Å². The summed E-state index contributed by atoms with van der Waals surface area (Å²) in [6, 6.07) is 19.8. The quantitative estimate of drug-likeness (QED) is 0.248. The second-order valence-corrected chi connectivity index (χ2v) is 8.48. The second-order valence-electron chi connectivity index (χ2n) is 8.48. The molecule has 1 atom stereocenters. The number of aromatic nitrogens is 1. The van der Waals surface area contributed by atoms with Gasteiger partial charge in [0.2, 0.25) is 5.89 Å². The average molecular weight is 559 g/mol. The summed E-state index contributed by atoms with van der Waals surface area (Å²) in [7, 11) is 1.81. The van der Waals surface area contributed by atoms with Gasteiger partial charge in [0, 0.05) is 37.8 Å². The highest BCUT2D eigenvalue weighted by Gasteiger charge is 2.24. The second kappa shape index (κ2) is 12.2.